The molecule has 0 radical (unpaired) electrons. The Morgan fingerprint density at radius 3 is 2.71 bits per heavy atom. The second-order valence-corrected chi connectivity index (χ2v) is 7.57. The summed E-state index contributed by atoms with van der Waals surface area (Å²) < 4.78 is 5.52. The van der Waals surface area contributed by atoms with Crippen molar-refractivity contribution in [2.24, 2.45) is 11.8 Å². The van der Waals surface area contributed by atoms with Gasteiger partial charge in [-0.3, -0.25) is 0 Å². The molecule has 0 heterocycles. The summed E-state index contributed by atoms with van der Waals surface area (Å²) in [5, 5.41) is 4.41. The lowest BCUT2D eigenvalue weighted by Gasteiger charge is -2.40. The van der Waals surface area contributed by atoms with Crippen LogP contribution in [0.2, 0.25) is 0 Å². The van der Waals surface area contributed by atoms with Crippen molar-refractivity contribution in [3.8, 4) is 5.75 Å². The zero-order chi connectivity index (χ0) is 15.2. The first kappa shape index (κ1) is 16.7. The fraction of sp³-hybridized carbons (Fsp3) is 0.667. The molecule has 1 fully saturated rings. The molecular weight excluding hydrogens is 278 g/mol. The van der Waals surface area contributed by atoms with Crippen molar-refractivity contribution in [1.29, 1.82) is 0 Å². The van der Waals surface area contributed by atoms with Crippen molar-refractivity contribution in [3.05, 3.63) is 24.3 Å². The van der Waals surface area contributed by atoms with E-state index in [1.54, 1.807) is 7.11 Å². The van der Waals surface area contributed by atoms with Crippen molar-refractivity contribution >= 4 is 11.8 Å². The first-order valence-electron chi connectivity index (χ1n) is 8.18. The number of rotatable bonds is 6. The Hall–Kier alpha value is -0.670. The third-order valence-corrected chi connectivity index (χ3v) is 6.03. The van der Waals surface area contributed by atoms with Crippen LogP contribution in [0.15, 0.2) is 29.2 Å². The molecule has 118 valence electrons. The molecule has 21 heavy (non-hydrogen) atoms. The molecule has 1 aliphatic carbocycles. The van der Waals surface area contributed by atoms with Crippen LogP contribution >= 0.6 is 11.8 Å². The Bertz CT molecular complexity index is 437. The maximum absolute atomic E-state index is 5.52. The van der Waals surface area contributed by atoms with Crippen LogP contribution in [-0.2, 0) is 0 Å². The molecule has 1 aromatic carbocycles. The Kier molecular flexibility index (Phi) is 6.43. The summed E-state index contributed by atoms with van der Waals surface area (Å²) in [5.74, 6) is 2.56. The van der Waals surface area contributed by atoms with Gasteiger partial charge in [-0.15, -0.1) is 11.8 Å². The summed E-state index contributed by atoms with van der Waals surface area (Å²) in [6.45, 7) is 8.16. The largest absolute Gasteiger partial charge is 0.496 e. The van der Waals surface area contributed by atoms with Crippen molar-refractivity contribution in [2.75, 3.05) is 13.7 Å². The van der Waals surface area contributed by atoms with Gasteiger partial charge in [-0.2, -0.15) is 0 Å². The molecule has 4 atom stereocenters. The molecule has 0 aliphatic heterocycles. The molecule has 4 unspecified atom stereocenters. The molecule has 0 aromatic heterocycles. The van der Waals surface area contributed by atoms with Crippen LogP contribution in [0.1, 0.15) is 40.0 Å². The number of benzene rings is 1. The summed E-state index contributed by atoms with van der Waals surface area (Å²) in [7, 11) is 1.76. The fourth-order valence-corrected chi connectivity index (χ4v) is 4.85. The quantitative estimate of drug-likeness (QED) is 0.830. The van der Waals surface area contributed by atoms with Gasteiger partial charge < -0.3 is 10.1 Å². The first-order chi connectivity index (χ1) is 10.2. The zero-order valence-corrected chi connectivity index (χ0v) is 14.6. The highest BCUT2D eigenvalue weighted by molar-refractivity contribution is 8.00. The van der Waals surface area contributed by atoms with Crippen LogP contribution in [0, 0.1) is 11.8 Å². The van der Waals surface area contributed by atoms with E-state index in [1.807, 2.05) is 17.8 Å². The number of thioether (sulfide) groups is 1. The third-order valence-electron chi connectivity index (χ3n) is 4.38. The number of hydrogen-bond acceptors (Lipinski definition) is 3. The second-order valence-electron chi connectivity index (χ2n) is 6.35. The maximum Gasteiger partial charge on any atom is 0.132 e. The predicted molar refractivity (Wildman–Crippen MR) is 92.3 cm³/mol. The minimum Gasteiger partial charge on any atom is -0.496 e. The standard InChI is InChI=1S/C18H29NOS/c1-5-10-19-15-12-13(2)11-14(3)18(15)21-17-9-7-6-8-16(17)20-4/h6-9,13-15,18-19H,5,10-12H2,1-4H3. The average molecular weight is 308 g/mol. The van der Waals surface area contributed by atoms with E-state index in [9.17, 15) is 0 Å². The summed E-state index contributed by atoms with van der Waals surface area (Å²) in [6, 6.07) is 9.01. The van der Waals surface area contributed by atoms with E-state index in [4.69, 9.17) is 4.74 Å². The van der Waals surface area contributed by atoms with E-state index < -0.39 is 0 Å². The highest BCUT2D eigenvalue weighted by Gasteiger charge is 2.34. The lowest BCUT2D eigenvalue weighted by atomic mass is 9.80. The van der Waals surface area contributed by atoms with Gasteiger partial charge in [-0.1, -0.05) is 32.9 Å². The molecule has 3 heteroatoms. The molecule has 0 amide bonds. The van der Waals surface area contributed by atoms with Crippen molar-refractivity contribution in [3.63, 3.8) is 0 Å². The minimum atomic E-state index is 0.610. The van der Waals surface area contributed by atoms with E-state index in [2.05, 4.69) is 44.3 Å². The predicted octanol–water partition coefficient (Wildman–Crippen LogP) is 4.59. The Morgan fingerprint density at radius 1 is 1.24 bits per heavy atom. The van der Waals surface area contributed by atoms with E-state index in [0.29, 0.717) is 11.3 Å². The van der Waals surface area contributed by atoms with Crippen LogP contribution in [0.25, 0.3) is 0 Å². The van der Waals surface area contributed by atoms with Gasteiger partial charge in [0.1, 0.15) is 5.75 Å². The van der Waals surface area contributed by atoms with Crippen molar-refractivity contribution < 1.29 is 4.74 Å². The monoisotopic (exact) mass is 307 g/mol. The highest BCUT2D eigenvalue weighted by Crippen LogP contribution is 2.42. The molecule has 2 rings (SSSR count). The Morgan fingerprint density at radius 2 is 2.00 bits per heavy atom. The lowest BCUT2D eigenvalue weighted by molar-refractivity contribution is 0.249. The first-order valence-corrected chi connectivity index (χ1v) is 9.06. The topological polar surface area (TPSA) is 21.3 Å². The molecule has 0 bridgehead atoms. The Labute approximate surface area is 134 Å². The van der Waals surface area contributed by atoms with Crippen LogP contribution in [0.3, 0.4) is 0 Å². The minimum absolute atomic E-state index is 0.610. The highest BCUT2D eigenvalue weighted by atomic mass is 32.2. The number of ether oxygens (including phenoxy) is 1. The fourth-order valence-electron chi connectivity index (χ4n) is 3.42. The van der Waals surface area contributed by atoms with Gasteiger partial charge in [0.25, 0.3) is 0 Å². The van der Waals surface area contributed by atoms with Gasteiger partial charge in [-0.05, 0) is 49.8 Å². The summed E-state index contributed by atoms with van der Waals surface area (Å²) >= 11 is 2.00. The van der Waals surface area contributed by atoms with Gasteiger partial charge >= 0.3 is 0 Å². The molecule has 1 aromatic rings. The van der Waals surface area contributed by atoms with Crippen molar-refractivity contribution in [2.45, 2.75) is 56.2 Å². The van der Waals surface area contributed by atoms with Gasteiger partial charge in [0, 0.05) is 16.2 Å². The van der Waals surface area contributed by atoms with Gasteiger partial charge in [-0.25, -0.2) is 0 Å². The van der Waals surface area contributed by atoms with E-state index >= 15 is 0 Å². The molecule has 1 aliphatic rings. The molecule has 1 saturated carbocycles. The number of para-hydroxylation sites is 1. The number of hydrogen-bond donors (Lipinski definition) is 1. The van der Waals surface area contributed by atoms with E-state index in [0.717, 1.165) is 24.1 Å². The molecule has 0 spiro atoms. The molecular formula is C18H29NOS. The van der Waals surface area contributed by atoms with Crippen LogP contribution in [0.4, 0.5) is 0 Å². The second kappa shape index (κ2) is 8.09. The molecule has 1 N–H and O–H groups in total. The van der Waals surface area contributed by atoms with Crippen molar-refractivity contribution in [1.82, 2.24) is 5.32 Å². The van der Waals surface area contributed by atoms with Gasteiger partial charge in [0.05, 0.1) is 7.11 Å². The molecule has 0 saturated heterocycles. The lowest BCUT2D eigenvalue weighted by Crippen LogP contribution is -2.46. The van der Waals surface area contributed by atoms with E-state index in [1.165, 1.54) is 24.2 Å². The van der Waals surface area contributed by atoms with Crippen LogP contribution < -0.4 is 10.1 Å². The normalized spacial score (nSPS) is 29.3. The maximum atomic E-state index is 5.52. The smallest absolute Gasteiger partial charge is 0.132 e. The third kappa shape index (κ3) is 4.40. The van der Waals surface area contributed by atoms with Crippen LogP contribution in [-0.4, -0.2) is 24.9 Å². The number of methoxy groups -OCH3 is 1. The zero-order valence-electron chi connectivity index (χ0n) is 13.8. The van der Waals surface area contributed by atoms with Gasteiger partial charge in [0.15, 0.2) is 0 Å². The summed E-state index contributed by atoms with van der Waals surface area (Å²) in [4.78, 5) is 1.27. The Balaban J connectivity index is 2.13. The van der Waals surface area contributed by atoms with E-state index in [-0.39, 0.29) is 0 Å². The van der Waals surface area contributed by atoms with Gasteiger partial charge in [0.2, 0.25) is 0 Å². The average Bonchev–Trinajstić information content (AvgIpc) is 2.48. The number of nitrogens with one attached hydrogen (secondary N) is 1. The summed E-state index contributed by atoms with van der Waals surface area (Å²) in [6.07, 6.45) is 3.82. The van der Waals surface area contributed by atoms with Crippen LogP contribution in [0.5, 0.6) is 5.75 Å². The summed E-state index contributed by atoms with van der Waals surface area (Å²) in [5.41, 5.74) is 0. The SMILES string of the molecule is CCCNC1CC(C)CC(C)C1Sc1ccccc1OC. The molecule has 2 nitrogen and oxygen atoms in total.